The van der Waals surface area contributed by atoms with Crippen molar-refractivity contribution in [3.8, 4) is 45.6 Å². The van der Waals surface area contributed by atoms with Crippen molar-refractivity contribution in [2.45, 2.75) is 13.8 Å². The Hall–Kier alpha value is -5.25. The van der Waals surface area contributed by atoms with E-state index in [9.17, 15) is 5.11 Å². The van der Waals surface area contributed by atoms with Gasteiger partial charge in [-0.25, -0.2) is 9.97 Å². The van der Waals surface area contributed by atoms with Gasteiger partial charge in [-0.1, -0.05) is 90.4 Å². The van der Waals surface area contributed by atoms with Gasteiger partial charge in [0.15, 0.2) is 0 Å². The van der Waals surface area contributed by atoms with Gasteiger partial charge in [0.05, 0.1) is 5.69 Å². The monoisotopic (exact) mass is 777 g/mol. The van der Waals surface area contributed by atoms with Crippen LogP contribution in [0, 0.1) is 19.9 Å². The molecule has 8 aromatic rings. The Morgan fingerprint density at radius 3 is 2.15 bits per heavy atom. The number of rotatable bonds is 5. The van der Waals surface area contributed by atoms with E-state index in [2.05, 4.69) is 88.4 Å². The fourth-order valence-corrected chi connectivity index (χ4v) is 6.21. The van der Waals surface area contributed by atoms with Gasteiger partial charge in [-0.3, -0.25) is 0 Å². The summed E-state index contributed by atoms with van der Waals surface area (Å²) in [5.41, 5.74) is 8.55. The average molecular weight is 778 g/mol. The Kier molecular flexibility index (Phi) is 7.64. The predicted molar refractivity (Wildman–Crippen MR) is 181 cm³/mol. The summed E-state index contributed by atoms with van der Waals surface area (Å²) in [6.07, 6.45) is 0. The molecule has 46 heavy (non-hydrogen) atoms. The molecule has 0 aliphatic carbocycles. The molecule has 0 unspecified atom stereocenters. The third-order valence-corrected chi connectivity index (χ3v) is 8.31. The van der Waals surface area contributed by atoms with E-state index in [1.165, 1.54) is 0 Å². The molecule has 0 aliphatic heterocycles. The first-order valence-electron chi connectivity index (χ1n) is 14.9. The molecular weight excluding hydrogens is 750 g/mol. The van der Waals surface area contributed by atoms with E-state index in [0.29, 0.717) is 17.1 Å². The summed E-state index contributed by atoms with van der Waals surface area (Å²) in [6, 6.07) is 46.2. The van der Waals surface area contributed by atoms with Gasteiger partial charge in [0.2, 0.25) is 5.88 Å². The van der Waals surface area contributed by atoms with Crippen LogP contribution < -0.4 is 4.74 Å². The molecule has 0 fully saturated rings. The minimum Gasteiger partial charge on any atom is -0.506 e. The number of aromatic hydroxyl groups is 1. The number of ether oxygens (including phenoxy) is 1. The van der Waals surface area contributed by atoms with Crippen LogP contribution >= 0.6 is 0 Å². The number of benzene rings is 5. The minimum atomic E-state index is 0. The van der Waals surface area contributed by atoms with Crippen LogP contribution in [0.2, 0.25) is 0 Å². The second-order valence-corrected chi connectivity index (χ2v) is 11.3. The van der Waals surface area contributed by atoms with E-state index >= 15 is 0 Å². The number of aryl methyl sites for hydroxylation is 2. The summed E-state index contributed by atoms with van der Waals surface area (Å²) < 4.78 is 8.49. The first kappa shape index (κ1) is 29.5. The van der Waals surface area contributed by atoms with Gasteiger partial charge in [-0.15, -0.1) is 17.5 Å². The number of phenolic OH excluding ortho intramolecular Hbond substituents is 1. The van der Waals surface area contributed by atoms with Gasteiger partial charge in [-0.05, 0) is 65.8 Å². The van der Waals surface area contributed by atoms with Gasteiger partial charge in [0.1, 0.15) is 17.1 Å². The number of hydrogen-bond acceptors (Lipinski definition) is 4. The van der Waals surface area contributed by atoms with Crippen molar-refractivity contribution in [1.82, 2.24) is 14.5 Å². The van der Waals surface area contributed by atoms with Crippen molar-refractivity contribution in [2.24, 2.45) is 0 Å². The topological polar surface area (TPSA) is 60.2 Å². The van der Waals surface area contributed by atoms with Gasteiger partial charge in [0.25, 0.3) is 0 Å². The summed E-state index contributed by atoms with van der Waals surface area (Å²) in [5.74, 6) is 1.83. The van der Waals surface area contributed by atoms with Crippen LogP contribution in [-0.4, -0.2) is 19.6 Å². The van der Waals surface area contributed by atoms with Gasteiger partial charge < -0.3 is 14.4 Å². The largest absolute Gasteiger partial charge is 0.506 e. The molecule has 0 aliphatic rings. The quantitative estimate of drug-likeness (QED) is 0.177. The van der Waals surface area contributed by atoms with Gasteiger partial charge >= 0.3 is 0 Å². The Morgan fingerprint density at radius 2 is 1.37 bits per heavy atom. The molecule has 1 N–H and O–H groups in total. The maximum Gasteiger partial charge on any atom is 0.217 e. The zero-order valence-corrected chi connectivity index (χ0v) is 27.4. The van der Waals surface area contributed by atoms with E-state index in [-0.39, 0.29) is 26.8 Å². The second-order valence-electron chi connectivity index (χ2n) is 11.3. The number of fused-ring (bicyclic) bond motifs is 4. The standard InChI is InChI=1S/C40H28N3O2.Pt/c1-25-17-20-36(44)40-39(25)26(2)21-38(42-40)45-30-18-19-32-31-15-9-10-16-34(31)43(35(32)24-30)37-23-29(27-11-5-3-6-12-27)22-33(41-37)28-13-7-4-8-14-28;/h3-23,44H,1-2H3;/q-1;. The number of aromatic nitrogens is 3. The van der Waals surface area contributed by atoms with Crippen LogP contribution in [-0.2, 0) is 21.1 Å². The summed E-state index contributed by atoms with van der Waals surface area (Å²) >= 11 is 0. The Balaban J connectivity index is 0.00000338. The van der Waals surface area contributed by atoms with Crippen LogP contribution in [0.3, 0.4) is 0 Å². The molecule has 0 saturated carbocycles. The fraction of sp³-hybridized carbons (Fsp3) is 0.0500. The number of para-hydroxylation sites is 1. The van der Waals surface area contributed by atoms with Crippen molar-refractivity contribution in [3.05, 3.63) is 145 Å². The van der Waals surface area contributed by atoms with E-state index < -0.39 is 0 Å². The van der Waals surface area contributed by atoms with E-state index in [1.807, 2.05) is 62.4 Å². The Bertz CT molecular complexity index is 2330. The van der Waals surface area contributed by atoms with E-state index in [0.717, 1.165) is 66.5 Å². The maximum atomic E-state index is 10.6. The zero-order valence-electron chi connectivity index (χ0n) is 25.1. The molecule has 5 nitrogen and oxygen atoms in total. The average Bonchev–Trinajstić information content (AvgIpc) is 3.40. The summed E-state index contributed by atoms with van der Waals surface area (Å²) in [6.45, 7) is 4.02. The van der Waals surface area contributed by atoms with Crippen LogP contribution in [0.25, 0.3) is 60.9 Å². The molecule has 0 spiro atoms. The molecule has 8 rings (SSSR count). The molecule has 0 saturated heterocycles. The van der Waals surface area contributed by atoms with Crippen LogP contribution in [0.4, 0.5) is 0 Å². The SMILES string of the molecule is Cc1ccc(O)c2nc(Oc3[c-]c4c(cc3)c3ccccc3n4-c3cc(-c4ccccc4)cc(-c4ccccc4)n3)cc(C)c12.[Pt]. The molecule has 226 valence electrons. The van der Waals surface area contributed by atoms with Crippen molar-refractivity contribution in [3.63, 3.8) is 0 Å². The number of pyridine rings is 2. The zero-order chi connectivity index (χ0) is 30.5. The van der Waals surface area contributed by atoms with E-state index in [4.69, 9.17) is 9.72 Å². The summed E-state index contributed by atoms with van der Waals surface area (Å²) in [5, 5.41) is 13.6. The third kappa shape index (κ3) is 5.13. The Labute approximate surface area is 281 Å². The number of nitrogens with zero attached hydrogens (tertiary/aromatic N) is 3. The van der Waals surface area contributed by atoms with Crippen molar-refractivity contribution in [2.75, 3.05) is 0 Å². The molecule has 0 atom stereocenters. The first-order chi connectivity index (χ1) is 22.0. The Morgan fingerprint density at radius 1 is 0.652 bits per heavy atom. The maximum absolute atomic E-state index is 10.6. The normalized spacial score (nSPS) is 11.2. The van der Waals surface area contributed by atoms with Crippen LogP contribution in [0.5, 0.6) is 17.4 Å². The summed E-state index contributed by atoms with van der Waals surface area (Å²) in [4.78, 5) is 9.89. The first-order valence-corrected chi connectivity index (χ1v) is 14.9. The smallest absolute Gasteiger partial charge is 0.217 e. The second kappa shape index (κ2) is 11.9. The molecule has 0 bridgehead atoms. The van der Waals surface area contributed by atoms with Crippen LogP contribution in [0.15, 0.2) is 127 Å². The number of phenols is 1. The molecule has 0 amide bonds. The van der Waals surface area contributed by atoms with Crippen molar-refractivity contribution in [1.29, 1.82) is 0 Å². The molecule has 5 aromatic carbocycles. The fourth-order valence-electron chi connectivity index (χ4n) is 6.21. The van der Waals surface area contributed by atoms with Crippen molar-refractivity contribution >= 4 is 32.7 Å². The van der Waals surface area contributed by atoms with Crippen molar-refractivity contribution < 1.29 is 30.9 Å². The van der Waals surface area contributed by atoms with Gasteiger partial charge in [0, 0.05) is 49.3 Å². The molecule has 0 radical (unpaired) electrons. The molecule has 6 heteroatoms. The molecule has 3 aromatic heterocycles. The molecule has 3 heterocycles. The number of hydrogen-bond donors (Lipinski definition) is 1. The van der Waals surface area contributed by atoms with Crippen LogP contribution in [0.1, 0.15) is 11.1 Å². The van der Waals surface area contributed by atoms with E-state index in [1.54, 1.807) is 6.07 Å². The van der Waals surface area contributed by atoms with Gasteiger partial charge in [-0.2, -0.15) is 6.07 Å². The minimum absolute atomic E-state index is 0. The predicted octanol–water partition coefficient (Wildman–Crippen LogP) is 9.97. The third-order valence-electron chi connectivity index (χ3n) is 8.31. The summed E-state index contributed by atoms with van der Waals surface area (Å²) in [7, 11) is 0. The molecular formula is C40H28N3O2Pt-.